The van der Waals surface area contributed by atoms with Gasteiger partial charge in [0, 0.05) is 11.0 Å². The lowest BCUT2D eigenvalue weighted by Crippen LogP contribution is -2.62. The number of hydrogen-bond donors (Lipinski definition) is 4. The minimum Gasteiger partial charge on any atom is -0.344 e. The van der Waals surface area contributed by atoms with Crippen molar-refractivity contribution in [1.29, 1.82) is 0 Å². The van der Waals surface area contributed by atoms with Gasteiger partial charge in [0.25, 0.3) is 0 Å². The van der Waals surface area contributed by atoms with Crippen molar-refractivity contribution in [3.05, 3.63) is 0 Å². The molecule has 0 bridgehead atoms. The number of nitrogens with one attached hydrogen (secondary N) is 3. The van der Waals surface area contributed by atoms with Crippen LogP contribution >= 0.6 is 0 Å². The van der Waals surface area contributed by atoms with Gasteiger partial charge < -0.3 is 16.0 Å². The van der Waals surface area contributed by atoms with Gasteiger partial charge in [-0.05, 0) is 33.6 Å². The molecule has 8 heteroatoms. The molecule has 0 saturated carbocycles. The number of hydrogen-bond acceptors (Lipinski definition) is 5. The lowest BCUT2D eigenvalue weighted by Gasteiger charge is -2.31. The van der Waals surface area contributed by atoms with Crippen molar-refractivity contribution in [2.45, 2.75) is 92.4 Å². The molecule has 28 heavy (non-hydrogen) atoms. The molecule has 0 fully saturated rings. The predicted octanol–water partition coefficient (Wildman–Crippen LogP) is 0.162. The average molecular weight is 400 g/mol. The molecule has 0 aromatic carbocycles. The van der Waals surface area contributed by atoms with Crippen molar-refractivity contribution in [2.75, 3.05) is 0 Å². The molecule has 0 aromatic heterocycles. The first-order valence-corrected chi connectivity index (χ1v) is 9.73. The van der Waals surface area contributed by atoms with E-state index >= 15 is 0 Å². The number of amides is 3. The zero-order valence-electron chi connectivity index (χ0n) is 18.9. The Kier molecular flexibility index (Phi) is 9.46. The van der Waals surface area contributed by atoms with Crippen LogP contribution in [0.2, 0.25) is 0 Å². The number of quaternary nitrogens is 1. The summed E-state index contributed by atoms with van der Waals surface area (Å²) >= 11 is 0. The van der Waals surface area contributed by atoms with Crippen LogP contribution in [0.15, 0.2) is 0 Å². The highest BCUT2D eigenvalue weighted by molar-refractivity contribution is 5.96. The van der Waals surface area contributed by atoms with E-state index in [9.17, 15) is 19.2 Å². The third-order valence-corrected chi connectivity index (χ3v) is 4.09. The molecule has 0 aliphatic rings. The van der Waals surface area contributed by atoms with Crippen LogP contribution < -0.4 is 21.7 Å². The van der Waals surface area contributed by atoms with E-state index in [-0.39, 0.29) is 29.6 Å². The summed E-state index contributed by atoms with van der Waals surface area (Å²) in [6, 6.07) is -2.29. The second kappa shape index (κ2) is 10.1. The minimum atomic E-state index is -0.967. The molecular formula is C20H39N4O4+. The molecule has 0 saturated heterocycles. The molecule has 0 aromatic rings. The highest BCUT2D eigenvalue weighted by Crippen LogP contribution is 2.18. The fraction of sp³-hybridized carbons (Fsp3) is 0.800. The summed E-state index contributed by atoms with van der Waals surface area (Å²) in [5, 5.41) is 8.54. The fourth-order valence-electron chi connectivity index (χ4n) is 2.63. The van der Waals surface area contributed by atoms with Crippen molar-refractivity contribution >= 4 is 23.5 Å². The van der Waals surface area contributed by atoms with E-state index in [0.29, 0.717) is 0 Å². The topological polar surface area (TPSA) is 132 Å². The molecule has 0 rings (SSSR count). The number of ketones is 1. The Hall–Kier alpha value is -1.80. The molecule has 0 radical (unpaired) electrons. The second-order valence-corrected chi connectivity index (χ2v) is 9.76. The summed E-state index contributed by atoms with van der Waals surface area (Å²) in [6.45, 7) is 16.4. The summed E-state index contributed by atoms with van der Waals surface area (Å²) in [5.74, 6) is -1.48. The second-order valence-electron chi connectivity index (χ2n) is 9.76. The fourth-order valence-corrected chi connectivity index (χ4v) is 2.63. The molecule has 6 N–H and O–H groups in total. The predicted molar refractivity (Wildman–Crippen MR) is 108 cm³/mol. The van der Waals surface area contributed by atoms with Gasteiger partial charge in [-0.15, -0.1) is 0 Å². The van der Waals surface area contributed by atoms with Crippen LogP contribution in [0.4, 0.5) is 0 Å². The first kappa shape index (κ1) is 26.2. The Morgan fingerprint density at radius 3 is 1.71 bits per heavy atom. The molecule has 3 atom stereocenters. The Labute approximate surface area is 168 Å². The minimum absolute atomic E-state index is 0.0218. The Bertz CT molecular complexity index is 588. The van der Waals surface area contributed by atoms with Gasteiger partial charge in [-0.25, -0.2) is 4.79 Å². The summed E-state index contributed by atoms with van der Waals surface area (Å²) in [7, 11) is 0. The van der Waals surface area contributed by atoms with Crippen molar-refractivity contribution in [2.24, 2.45) is 11.3 Å². The van der Waals surface area contributed by atoms with Crippen LogP contribution in [0.3, 0.4) is 0 Å². The Balaban J connectivity index is 5.18. The normalized spacial score (nSPS) is 15.5. The zero-order chi connectivity index (χ0) is 22.4. The molecule has 162 valence electrons. The number of rotatable bonds is 9. The summed E-state index contributed by atoms with van der Waals surface area (Å²) in [5.41, 5.74) is 2.31. The van der Waals surface area contributed by atoms with Gasteiger partial charge in [0.15, 0.2) is 5.78 Å². The van der Waals surface area contributed by atoms with Crippen LogP contribution in [0.5, 0.6) is 0 Å². The van der Waals surface area contributed by atoms with Gasteiger partial charge in [0.2, 0.25) is 11.8 Å². The Morgan fingerprint density at radius 2 is 1.36 bits per heavy atom. The monoisotopic (exact) mass is 399 g/mol. The van der Waals surface area contributed by atoms with E-state index in [1.165, 1.54) is 0 Å². The van der Waals surface area contributed by atoms with E-state index in [1.54, 1.807) is 27.7 Å². The van der Waals surface area contributed by atoms with E-state index in [1.807, 2.05) is 34.6 Å². The summed E-state index contributed by atoms with van der Waals surface area (Å²) in [4.78, 5) is 49.2. The first-order chi connectivity index (χ1) is 12.5. The zero-order valence-corrected chi connectivity index (χ0v) is 18.9. The molecule has 0 spiro atoms. The average Bonchev–Trinajstić information content (AvgIpc) is 2.48. The van der Waals surface area contributed by atoms with Gasteiger partial charge in [-0.3, -0.25) is 20.1 Å². The van der Waals surface area contributed by atoms with Crippen molar-refractivity contribution in [3.63, 3.8) is 0 Å². The van der Waals surface area contributed by atoms with Crippen LogP contribution in [0.25, 0.3) is 0 Å². The van der Waals surface area contributed by atoms with Gasteiger partial charge in [0.1, 0.15) is 12.1 Å². The van der Waals surface area contributed by atoms with Crippen LogP contribution in [-0.2, 0) is 19.2 Å². The molecule has 3 unspecified atom stereocenters. The van der Waals surface area contributed by atoms with Gasteiger partial charge in [0.05, 0.1) is 12.5 Å². The van der Waals surface area contributed by atoms with Crippen molar-refractivity contribution in [3.8, 4) is 0 Å². The van der Waals surface area contributed by atoms with E-state index in [0.717, 1.165) is 0 Å². The number of Topliss-reactive ketones (excluding diaryl/α,β-unsaturated/α-hetero) is 1. The first-order valence-electron chi connectivity index (χ1n) is 9.73. The maximum atomic E-state index is 12.6. The third-order valence-electron chi connectivity index (χ3n) is 4.09. The van der Waals surface area contributed by atoms with E-state index in [4.69, 9.17) is 0 Å². The largest absolute Gasteiger partial charge is 0.344 e. The highest BCUT2D eigenvalue weighted by Gasteiger charge is 2.34. The van der Waals surface area contributed by atoms with Crippen LogP contribution in [0, 0.1) is 11.3 Å². The molecule has 0 heterocycles. The molecule has 8 nitrogen and oxygen atoms in total. The number of carbonyl (C=O) groups excluding carboxylic acids is 4. The highest BCUT2D eigenvalue weighted by atomic mass is 16.2. The van der Waals surface area contributed by atoms with E-state index < -0.39 is 35.4 Å². The maximum absolute atomic E-state index is 12.6. The lowest BCUT2D eigenvalue weighted by molar-refractivity contribution is -0.306. The van der Waals surface area contributed by atoms with Gasteiger partial charge >= 0.3 is 5.91 Å². The smallest absolute Gasteiger partial charge is 0.311 e. The third kappa shape index (κ3) is 9.41. The standard InChI is InChI=1S/C20H38N4O4/c1-11(2)15(24-20(7,8)9)18(28)22-12(3)17(27)23-13(10-14(21)25)16(26)19(4,5)6/h11-13,15,24H,10H2,1-9H3,(H2,21,25)(H,22,28)(H,23,27)/p+1. The molecular weight excluding hydrogens is 360 g/mol. The van der Waals surface area contributed by atoms with Crippen molar-refractivity contribution in [1.82, 2.24) is 16.0 Å². The van der Waals surface area contributed by atoms with Crippen molar-refractivity contribution < 1.29 is 24.9 Å². The number of carbonyl (C=O) groups is 4. The SMILES string of the molecule is CC(NC(=O)C(NC(C)(C)C)C(C)C)C(=O)NC(CC([NH3+])=O)C(=O)C(C)(C)C. The quantitative estimate of drug-likeness (QED) is 0.438. The molecule has 0 aliphatic heterocycles. The lowest BCUT2D eigenvalue weighted by atomic mass is 9.85. The van der Waals surface area contributed by atoms with Gasteiger partial charge in [-0.2, -0.15) is 0 Å². The Morgan fingerprint density at radius 1 is 0.857 bits per heavy atom. The summed E-state index contributed by atoms with van der Waals surface area (Å²) in [6.07, 6.45) is -0.178. The van der Waals surface area contributed by atoms with Crippen LogP contribution in [-0.4, -0.2) is 47.2 Å². The summed E-state index contributed by atoms with van der Waals surface area (Å²) < 4.78 is 0. The molecule has 0 aliphatic carbocycles. The molecule has 3 amide bonds. The van der Waals surface area contributed by atoms with Gasteiger partial charge in [-0.1, -0.05) is 34.6 Å². The van der Waals surface area contributed by atoms with Crippen LogP contribution in [0.1, 0.15) is 68.7 Å². The maximum Gasteiger partial charge on any atom is 0.311 e. The van der Waals surface area contributed by atoms with E-state index in [2.05, 4.69) is 21.7 Å².